The van der Waals surface area contributed by atoms with Crippen molar-refractivity contribution in [2.45, 2.75) is 78.6 Å². The molecule has 0 N–H and O–H groups in total. The van der Waals surface area contributed by atoms with Crippen molar-refractivity contribution in [1.29, 1.82) is 0 Å². The molecule has 5 aromatic heterocycles. The second-order valence-corrected chi connectivity index (χ2v) is 29.2. The number of nitrogens with zero attached hydrogens (tertiary/aromatic N) is 5. The summed E-state index contributed by atoms with van der Waals surface area (Å²) in [5, 5.41) is 6.68. The molecule has 1 aliphatic rings. The second-order valence-electron chi connectivity index (χ2n) is 29.2. The minimum atomic E-state index is -0.0796. The van der Waals surface area contributed by atoms with Gasteiger partial charge in [0.2, 0.25) is 0 Å². The van der Waals surface area contributed by atoms with Crippen molar-refractivity contribution in [1.82, 2.24) is 18.7 Å². The molecule has 6 heterocycles. The predicted octanol–water partition coefficient (Wildman–Crippen LogP) is 23.1. The average Bonchev–Trinajstić information content (AvgIpc) is 1.54. The molecular formula is C90H69N5O2Pt-2. The van der Waals surface area contributed by atoms with Crippen LogP contribution in [0.1, 0.15) is 79.0 Å². The molecule has 0 fully saturated rings. The monoisotopic (exact) mass is 1450 g/mol. The molecule has 0 bridgehead atoms. The van der Waals surface area contributed by atoms with Crippen LogP contribution in [-0.2, 0) is 37.3 Å². The van der Waals surface area contributed by atoms with Gasteiger partial charge < -0.3 is 22.9 Å². The maximum absolute atomic E-state index is 7.01. The zero-order chi connectivity index (χ0) is 65.8. The van der Waals surface area contributed by atoms with E-state index in [4.69, 9.17) is 14.1 Å². The van der Waals surface area contributed by atoms with Crippen molar-refractivity contribution in [3.8, 4) is 90.0 Å². The normalized spacial score (nSPS) is 12.5. The van der Waals surface area contributed by atoms with Gasteiger partial charge in [-0.1, -0.05) is 219 Å². The first-order chi connectivity index (χ1) is 47.0. The third-order valence-electron chi connectivity index (χ3n) is 20.0. The summed E-state index contributed by atoms with van der Waals surface area (Å²) < 4.78 is 22.7. The fourth-order valence-electron chi connectivity index (χ4n) is 14.9. The first-order valence-electron chi connectivity index (χ1n) is 33.6. The number of fused-ring (bicyclic) bond motifs is 16. The Bertz CT molecular complexity index is 6050. The molecule has 0 saturated heterocycles. The third-order valence-corrected chi connectivity index (χ3v) is 20.0. The van der Waals surface area contributed by atoms with Gasteiger partial charge in [-0.15, -0.1) is 29.7 Å². The quantitative estimate of drug-likeness (QED) is 0.118. The Kier molecular flexibility index (Phi) is 14.0. The van der Waals surface area contributed by atoms with Crippen molar-refractivity contribution in [3.05, 3.63) is 290 Å². The molecule has 8 heteroatoms. The number of imidazole rings is 1. The van der Waals surface area contributed by atoms with Crippen LogP contribution in [0.4, 0.5) is 0 Å². The van der Waals surface area contributed by atoms with E-state index in [1.165, 1.54) is 33.0 Å². The third kappa shape index (κ3) is 9.87. The maximum Gasteiger partial charge on any atom is 0.268 e. The van der Waals surface area contributed by atoms with Crippen molar-refractivity contribution >= 4 is 76.6 Å². The van der Waals surface area contributed by atoms with E-state index in [2.05, 4.69) is 323 Å². The minimum absolute atomic E-state index is 0. The molecule has 0 spiro atoms. The SMILES string of the molecule is CC(C)(C)c1cc(-c2ccc3c(c2)-c2cccc(-n4c5ccccc5c5ccccc54)c2-[n+]2[c-]n(-c4[c-]c(Oc5[c-]c6c(cc5)c5ccccc5n6-c5cc(C(C)(C)C)ccn5)ccc4)c4cc(-c5ccc6oc7ccccc7c6c5)cc(c42)-c2ccccc2-3)cc(C(C)(C)C)c1.[Pt]. The number of para-hydroxylation sites is 5. The fourth-order valence-corrected chi connectivity index (χ4v) is 14.9. The van der Waals surface area contributed by atoms with Crippen LogP contribution in [-0.4, -0.2) is 18.7 Å². The van der Waals surface area contributed by atoms with Gasteiger partial charge in [-0.3, -0.25) is 4.57 Å². The van der Waals surface area contributed by atoms with Crippen LogP contribution in [0.3, 0.4) is 0 Å². The van der Waals surface area contributed by atoms with E-state index in [1.807, 2.05) is 30.5 Å². The molecular weight excluding hydrogens is 1380 g/mol. The van der Waals surface area contributed by atoms with Gasteiger partial charge in [-0.25, -0.2) is 4.98 Å². The maximum atomic E-state index is 7.01. The van der Waals surface area contributed by atoms with E-state index in [-0.39, 0.29) is 37.3 Å². The summed E-state index contributed by atoms with van der Waals surface area (Å²) in [6.07, 6.45) is 6.06. The van der Waals surface area contributed by atoms with Crippen molar-refractivity contribution in [2.75, 3.05) is 0 Å². The van der Waals surface area contributed by atoms with E-state index in [1.54, 1.807) is 0 Å². The Morgan fingerprint density at radius 1 is 0.388 bits per heavy atom. The second kappa shape index (κ2) is 22.6. The Hall–Kier alpha value is -10.9. The van der Waals surface area contributed by atoms with Crippen molar-refractivity contribution < 1.29 is 34.8 Å². The molecule has 7 nitrogen and oxygen atoms in total. The molecule has 478 valence electrons. The number of furan rings is 1. The summed E-state index contributed by atoms with van der Waals surface area (Å²) in [6.45, 7) is 20.6. The van der Waals surface area contributed by atoms with Gasteiger partial charge in [-0.2, -0.15) is 18.2 Å². The Balaban J connectivity index is 0.00000722. The zero-order valence-electron chi connectivity index (χ0n) is 56.1. The largest absolute Gasteiger partial charge is 0.510 e. The summed E-state index contributed by atoms with van der Waals surface area (Å²) in [7, 11) is 0. The van der Waals surface area contributed by atoms with Gasteiger partial charge in [0.25, 0.3) is 6.33 Å². The van der Waals surface area contributed by atoms with Crippen LogP contribution in [0.25, 0.3) is 155 Å². The number of aromatic nitrogens is 5. The van der Waals surface area contributed by atoms with Crippen molar-refractivity contribution in [3.63, 3.8) is 0 Å². The van der Waals surface area contributed by atoms with Gasteiger partial charge in [0.05, 0.1) is 33.4 Å². The van der Waals surface area contributed by atoms with Crippen LogP contribution in [0, 0.1) is 18.5 Å². The number of ether oxygens (including phenoxy) is 1. The summed E-state index contributed by atoms with van der Waals surface area (Å²) >= 11 is 0. The van der Waals surface area contributed by atoms with Crippen LogP contribution in [0.2, 0.25) is 0 Å². The van der Waals surface area contributed by atoms with Crippen LogP contribution in [0.15, 0.2) is 259 Å². The van der Waals surface area contributed by atoms with Crippen LogP contribution < -0.4 is 9.30 Å². The zero-order valence-corrected chi connectivity index (χ0v) is 58.4. The number of benzene rings is 12. The fraction of sp³-hybridized carbons (Fsp3) is 0.133. The topological polar surface area (TPSA) is 53.9 Å². The summed E-state index contributed by atoms with van der Waals surface area (Å²) in [5.74, 6) is 1.92. The molecule has 0 amide bonds. The van der Waals surface area contributed by atoms with Gasteiger partial charge in [-0.05, 0) is 166 Å². The van der Waals surface area contributed by atoms with Gasteiger partial charge in [0.15, 0.2) is 0 Å². The average molecular weight is 1450 g/mol. The van der Waals surface area contributed by atoms with E-state index < -0.39 is 0 Å². The summed E-state index contributed by atoms with van der Waals surface area (Å²) in [4.78, 5) is 4.97. The van der Waals surface area contributed by atoms with Gasteiger partial charge in [0.1, 0.15) is 17.0 Å². The predicted molar refractivity (Wildman–Crippen MR) is 398 cm³/mol. The van der Waals surface area contributed by atoms with Crippen LogP contribution >= 0.6 is 0 Å². The smallest absolute Gasteiger partial charge is 0.268 e. The van der Waals surface area contributed by atoms with Crippen molar-refractivity contribution in [2.24, 2.45) is 0 Å². The van der Waals surface area contributed by atoms with Crippen LogP contribution in [0.5, 0.6) is 11.5 Å². The standard InChI is InChI=1S/C90H69N5O2.Pt/c1-88(2,3)59-42-43-91-85(51-59)95-79-33-18-14-28-70(79)71-40-38-64(53-81(71)95)96-63-23-20-22-62(52-63)92-54-93-86-73(30-21-34-80(86)94-77-31-16-12-26-68(77)69-27-13-17-32-78(69)94)74-46-55(57-44-60(89(4,5)6)50-61(45-57)90(7,8)9)36-39-67(74)65-24-10-11-25-66(65)76-48-58(49-82(92)87(76)93)56-37-41-84-75(47-56)72-29-15-19-35-83(72)97-84;/h10-51H,1-9H3;/q-2;. The molecule has 0 atom stereocenters. The van der Waals surface area contributed by atoms with E-state index in [9.17, 15) is 0 Å². The van der Waals surface area contributed by atoms with E-state index in [0.29, 0.717) is 11.5 Å². The number of hydrogen-bond acceptors (Lipinski definition) is 3. The molecule has 0 radical (unpaired) electrons. The molecule has 0 aliphatic carbocycles. The first-order valence-corrected chi connectivity index (χ1v) is 33.6. The molecule has 0 saturated carbocycles. The number of pyridine rings is 1. The van der Waals surface area contributed by atoms with E-state index in [0.717, 1.165) is 139 Å². The van der Waals surface area contributed by atoms with E-state index >= 15 is 0 Å². The molecule has 17 aromatic rings. The summed E-state index contributed by atoms with van der Waals surface area (Å²) in [6, 6.07) is 98.2. The number of rotatable bonds is 7. The molecule has 12 aromatic carbocycles. The minimum Gasteiger partial charge on any atom is -0.510 e. The molecule has 1 aliphatic heterocycles. The van der Waals surface area contributed by atoms with Gasteiger partial charge >= 0.3 is 0 Å². The molecule has 98 heavy (non-hydrogen) atoms. The molecule has 0 unspecified atom stereocenters. The number of hydrogen-bond donors (Lipinski definition) is 0. The Morgan fingerprint density at radius 3 is 1.66 bits per heavy atom. The molecule has 18 rings (SSSR count). The van der Waals surface area contributed by atoms with Gasteiger partial charge in [0, 0.05) is 65.8 Å². The Morgan fingerprint density at radius 2 is 0.949 bits per heavy atom. The Labute approximate surface area is 584 Å². The summed E-state index contributed by atoms with van der Waals surface area (Å²) in [5.41, 5.74) is 25.1. The first kappa shape index (κ1) is 60.8.